The van der Waals surface area contributed by atoms with Crippen LogP contribution in [0.2, 0.25) is 10.3 Å². The molecule has 1 aliphatic rings. The van der Waals surface area contributed by atoms with Crippen LogP contribution in [0.3, 0.4) is 0 Å². The van der Waals surface area contributed by atoms with E-state index >= 15 is 0 Å². The van der Waals surface area contributed by atoms with E-state index in [0.29, 0.717) is 23.8 Å². The molecular weight excluding hydrogens is 661 g/mol. The number of hydrogen-bond acceptors (Lipinski definition) is 7. The summed E-state index contributed by atoms with van der Waals surface area (Å²) in [6.07, 6.45) is 1.85. The topological polar surface area (TPSA) is 111 Å². The first-order chi connectivity index (χ1) is 23.9. The van der Waals surface area contributed by atoms with Gasteiger partial charge in [-0.3, -0.25) is 9.78 Å². The Morgan fingerprint density at radius 1 is 0.857 bits per heavy atom. The Morgan fingerprint density at radius 3 is 2.37 bits per heavy atom. The zero-order chi connectivity index (χ0) is 33.9. The Hall–Kier alpha value is -4.64. The van der Waals surface area contributed by atoms with Gasteiger partial charge in [-0.05, 0) is 52.1 Å². The van der Waals surface area contributed by atoms with Crippen molar-refractivity contribution in [3.05, 3.63) is 148 Å². The molecule has 4 aromatic carbocycles. The van der Waals surface area contributed by atoms with Gasteiger partial charge in [0.25, 0.3) is 5.91 Å². The summed E-state index contributed by atoms with van der Waals surface area (Å²) in [5.41, 5.74) is 7.24. The highest BCUT2D eigenvalue weighted by atomic mass is 35.5. The zero-order valence-electron chi connectivity index (χ0n) is 26.5. The van der Waals surface area contributed by atoms with Crippen molar-refractivity contribution >= 4 is 40.1 Å². The Kier molecular flexibility index (Phi) is 9.70. The summed E-state index contributed by atoms with van der Waals surface area (Å²) < 4.78 is 15.1. The molecule has 0 spiro atoms. The molecule has 0 saturated carbocycles. The van der Waals surface area contributed by atoms with Gasteiger partial charge >= 0.3 is 0 Å². The Balaban J connectivity index is 1.11. The maximum Gasteiger partial charge on any atom is 0.271 e. The highest BCUT2D eigenvalue weighted by molar-refractivity contribution is 6.40. The number of hydrogen-bond donors (Lipinski definition) is 2. The van der Waals surface area contributed by atoms with Crippen molar-refractivity contribution in [3.63, 3.8) is 0 Å². The van der Waals surface area contributed by atoms with Crippen molar-refractivity contribution in [2.45, 2.75) is 45.1 Å². The predicted molar refractivity (Wildman–Crippen MR) is 188 cm³/mol. The van der Waals surface area contributed by atoms with Crippen LogP contribution in [0.5, 0.6) is 0 Å². The summed E-state index contributed by atoms with van der Waals surface area (Å²) in [7, 11) is 0. The van der Waals surface area contributed by atoms with Crippen LogP contribution in [-0.4, -0.2) is 36.6 Å². The minimum absolute atomic E-state index is 0.0326. The number of para-hydroxylation sites is 2. The minimum atomic E-state index is -0.674. The van der Waals surface area contributed by atoms with Crippen LogP contribution in [0.15, 0.2) is 110 Å². The highest BCUT2D eigenvalue weighted by Gasteiger charge is 2.39. The molecule has 49 heavy (non-hydrogen) atoms. The fourth-order valence-corrected chi connectivity index (χ4v) is 6.37. The van der Waals surface area contributed by atoms with Crippen LogP contribution in [0.4, 0.5) is 0 Å². The summed E-state index contributed by atoms with van der Waals surface area (Å²) in [5.74, 6) is -0.343. The number of nitrogens with zero attached hydrogens (tertiary/aromatic N) is 4. The largest absolute Gasteiger partial charge is 0.392 e. The van der Waals surface area contributed by atoms with E-state index < -0.39 is 6.29 Å². The monoisotopic (exact) mass is 693 g/mol. The smallest absolute Gasteiger partial charge is 0.271 e. The van der Waals surface area contributed by atoms with Crippen LogP contribution >= 0.6 is 23.2 Å². The molecule has 0 bridgehead atoms. The third kappa shape index (κ3) is 7.22. The van der Waals surface area contributed by atoms with E-state index in [9.17, 15) is 9.90 Å². The standard InChI is InChI=1S/C38H33Cl2N5O4/c1-23-33(20-45-22-43-35(39)36(45)40)48-38(49-34(23)26-14-12-24(21-46)13-15-26)29-9-5-8-28(17-29)27-7-4-6-25(16-27)18-42-37(47)32-19-41-30-10-2-3-11-31(30)44-32/h2-17,19,22-23,33-34,38,46H,18,20-21H2,1H3,(H,42,47)/t23-,33+,34+,38+/m0/s1. The van der Waals surface area contributed by atoms with E-state index in [1.165, 1.54) is 6.20 Å². The van der Waals surface area contributed by atoms with E-state index in [4.69, 9.17) is 32.7 Å². The van der Waals surface area contributed by atoms with Gasteiger partial charge in [-0.1, -0.05) is 103 Å². The van der Waals surface area contributed by atoms with Crippen LogP contribution in [0.25, 0.3) is 22.2 Å². The number of imidazole rings is 1. The summed E-state index contributed by atoms with van der Waals surface area (Å²) >= 11 is 12.6. The van der Waals surface area contributed by atoms with E-state index in [0.717, 1.165) is 38.9 Å². The van der Waals surface area contributed by atoms with Crippen LogP contribution < -0.4 is 5.32 Å². The molecule has 6 aromatic rings. The normalized spacial score (nSPS) is 19.2. The number of aliphatic hydroxyl groups is 1. The van der Waals surface area contributed by atoms with E-state index in [1.807, 2.05) is 84.9 Å². The van der Waals surface area contributed by atoms with Gasteiger partial charge in [-0.25, -0.2) is 9.97 Å². The van der Waals surface area contributed by atoms with Gasteiger partial charge in [0.05, 0.1) is 48.9 Å². The lowest BCUT2D eigenvalue weighted by molar-refractivity contribution is -0.276. The molecule has 1 aliphatic heterocycles. The van der Waals surface area contributed by atoms with Gasteiger partial charge in [0.15, 0.2) is 11.4 Å². The lowest BCUT2D eigenvalue weighted by Crippen LogP contribution is -2.39. The third-order valence-corrected chi connectivity index (χ3v) is 9.56. The summed E-state index contributed by atoms with van der Waals surface area (Å²) in [5, 5.41) is 13.1. The molecule has 2 N–H and O–H groups in total. The Morgan fingerprint density at radius 2 is 1.61 bits per heavy atom. The number of aliphatic hydroxyl groups excluding tert-OH is 1. The van der Waals surface area contributed by atoms with E-state index in [2.05, 4.69) is 39.3 Å². The van der Waals surface area contributed by atoms with Gasteiger partial charge in [-0.15, -0.1) is 0 Å². The summed E-state index contributed by atoms with van der Waals surface area (Å²) in [4.78, 5) is 25.9. The number of benzene rings is 4. The number of fused-ring (bicyclic) bond motifs is 1. The average molecular weight is 695 g/mol. The van der Waals surface area contributed by atoms with E-state index in [1.54, 1.807) is 10.9 Å². The zero-order valence-corrected chi connectivity index (χ0v) is 28.1. The molecule has 0 radical (unpaired) electrons. The van der Waals surface area contributed by atoms with Crippen LogP contribution in [0.1, 0.15) is 52.1 Å². The van der Waals surface area contributed by atoms with Crippen molar-refractivity contribution in [2.24, 2.45) is 5.92 Å². The van der Waals surface area contributed by atoms with Crippen molar-refractivity contribution < 1.29 is 19.4 Å². The first kappa shape index (κ1) is 32.9. The molecule has 7 rings (SSSR count). The van der Waals surface area contributed by atoms with Gasteiger partial charge in [0.2, 0.25) is 0 Å². The molecule has 0 aliphatic carbocycles. The van der Waals surface area contributed by atoms with Crippen molar-refractivity contribution in [2.75, 3.05) is 0 Å². The minimum Gasteiger partial charge on any atom is -0.392 e. The second-order valence-corrected chi connectivity index (χ2v) is 12.8. The maximum absolute atomic E-state index is 12.9. The molecule has 0 unspecified atom stereocenters. The SMILES string of the molecule is C[C@H]1[C@@H](Cn2cnc(Cl)c2Cl)O[C@@H](c2cccc(-c3cccc(CNC(=O)c4cnc5ccccc5n4)c3)c2)O[C@H]1c1ccc(CO)cc1. The third-order valence-electron chi connectivity index (χ3n) is 8.79. The molecule has 3 heterocycles. The molecule has 2 aromatic heterocycles. The average Bonchev–Trinajstić information content (AvgIpc) is 3.46. The number of ether oxygens (including phenoxy) is 2. The van der Waals surface area contributed by atoms with Gasteiger partial charge in [0.1, 0.15) is 10.8 Å². The first-order valence-electron chi connectivity index (χ1n) is 15.9. The number of carbonyl (C=O) groups excluding carboxylic acids is 1. The number of nitrogens with one attached hydrogen (secondary N) is 1. The van der Waals surface area contributed by atoms with Crippen molar-refractivity contribution in [3.8, 4) is 11.1 Å². The van der Waals surface area contributed by atoms with Crippen molar-refractivity contribution in [1.29, 1.82) is 0 Å². The molecule has 1 fully saturated rings. The van der Waals surface area contributed by atoms with Crippen molar-refractivity contribution in [1.82, 2.24) is 24.8 Å². The Labute approximate surface area is 293 Å². The number of halogens is 2. The van der Waals surface area contributed by atoms with Crippen LogP contribution in [-0.2, 0) is 29.2 Å². The lowest BCUT2D eigenvalue weighted by atomic mass is 9.90. The number of rotatable bonds is 9. The fraction of sp³-hybridized carbons (Fsp3) is 0.211. The summed E-state index contributed by atoms with van der Waals surface area (Å²) in [6.45, 7) is 2.82. The fourth-order valence-electron chi connectivity index (χ4n) is 6.06. The number of aromatic nitrogens is 4. The highest BCUT2D eigenvalue weighted by Crippen LogP contribution is 2.43. The maximum atomic E-state index is 12.9. The second-order valence-electron chi connectivity index (χ2n) is 12.1. The molecule has 11 heteroatoms. The van der Waals surface area contributed by atoms with Gasteiger partial charge in [0, 0.05) is 18.0 Å². The molecule has 1 saturated heterocycles. The van der Waals surface area contributed by atoms with E-state index in [-0.39, 0.29) is 41.5 Å². The van der Waals surface area contributed by atoms with Gasteiger partial charge < -0.3 is 24.5 Å². The number of amides is 1. The molecular formula is C38H33Cl2N5O4. The molecule has 4 atom stereocenters. The second kappa shape index (κ2) is 14.5. The lowest BCUT2D eigenvalue weighted by Gasteiger charge is -2.41. The summed E-state index contributed by atoms with van der Waals surface area (Å²) in [6, 6.07) is 31.3. The molecule has 9 nitrogen and oxygen atoms in total. The predicted octanol–water partition coefficient (Wildman–Crippen LogP) is 7.71. The number of carbonyl (C=O) groups is 1. The first-order valence-corrected chi connectivity index (χ1v) is 16.7. The van der Waals surface area contributed by atoms with Gasteiger partial charge in [-0.2, -0.15) is 0 Å². The van der Waals surface area contributed by atoms with Crippen LogP contribution in [0, 0.1) is 5.92 Å². The molecule has 248 valence electrons. The molecule has 1 amide bonds. The Bertz CT molecular complexity index is 2100. The quantitative estimate of drug-likeness (QED) is 0.160.